The zero-order valence-corrected chi connectivity index (χ0v) is 24.3. The first kappa shape index (κ1) is 32.7. The number of hydrogen-bond donors (Lipinski definition) is 3. The molecule has 1 saturated heterocycles. The third-order valence-corrected chi connectivity index (χ3v) is 7.12. The molecule has 0 aliphatic carbocycles. The minimum absolute atomic E-state index is 0.0177. The van der Waals surface area contributed by atoms with Crippen LogP contribution in [0.15, 0.2) is 51.5 Å². The first-order valence-electron chi connectivity index (χ1n) is 12.9. The zero-order valence-electron chi connectivity index (χ0n) is 23.4. The molecule has 0 unspecified atom stereocenters. The molecule has 3 N–H and O–H groups in total. The summed E-state index contributed by atoms with van der Waals surface area (Å²) in [5, 5.41) is 8.01. The molecule has 16 nitrogen and oxygen atoms in total. The van der Waals surface area contributed by atoms with Crippen molar-refractivity contribution < 1.29 is 45.6 Å². The van der Waals surface area contributed by atoms with E-state index in [1.54, 1.807) is 0 Å². The predicted octanol–water partition coefficient (Wildman–Crippen LogP) is 1.90. The molecule has 1 atom stereocenters. The van der Waals surface area contributed by atoms with E-state index in [1.165, 1.54) is 34.7 Å². The number of fused-ring (bicyclic) bond motifs is 1. The third-order valence-electron chi connectivity index (χ3n) is 6.67. The number of ether oxygens (including phenoxy) is 1. The Hall–Kier alpha value is -4.72. The minimum atomic E-state index is -4.99. The lowest BCUT2D eigenvalue weighted by Crippen LogP contribution is -2.36. The largest absolute Gasteiger partial charge is 0.471 e. The molecule has 0 amide bonds. The highest BCUT2D eigenvalue weighted by Crippen LogP contribution is 2.37. The van der Waals surface area contributed by atoms with Crippen LogP contribution >= 0.6 is 7.82 Å². The molecule has 0 bridgehead atoms. The fourth-order valence-corrected chi connectivity index (χ4v) is 4.88. The van der Waals surface area contributed by atoms with E-state index in [4.69, 9.17) is 14.5 Å². The van der Waals surface area contributed by atoms with Gasteiger partial charge in [0.1, 0.15) is 19.1 Å². The van der Waals surface area contributed by atoms with Gasteiger partial charge in [0.25, 0.3) is 5.56 Å². The van der Waals surface area contributed by atoms with E-state index in [-0.39, 0.29) is 34.0 Å². The van der Waals surface area contributed by atoms with Gasteiger partial charge in [-0.2, -0.15) is 27.9 Å². The highest BCUT2D eigenvalue weighted by molar-refractivity contribution is 7.46. The standard InChI is InChI=1S/C24H23F5N9O7P/c1-13-7-31-19(6-16(13)37(30-2)11-24(27,28)29)45-17-9-35(10-23(17,25)26)20-5-15(33-18-3-4-32-38(18)20)14-8-36(12-44-46(41,42)43)22(40)34-21(14)39/h3-8,17H,2,9-12H2,1H3,(H,34,39,40)(H2,41,42,43)/t17-/m0/s1. The van der Waals surface area contributed by atoms with Crippen LogP contribution in [0.2, 0.25) is 0 Å². The van der Waals surface area contributed by atoms with Gasteiger partial charge in [0.15, 0.2) is 11.8 Å². The summed E-state index contributed by atoms with van der Waals surface area (Å²) in [6.07, 6.45) is -3.10. The first-order valence-corrected chi connectivity index (χ1v) is 14.4. The van der Waals surface area contributed by atoms with E-state index in [1.807, 2.05) is 4.98 Å². The number of phosphoric ester groups is 1. The van der Waals surface area contributed by atoms with E-state index in [2.05, 4.69) is 31.4 Å². The highest BCUT2D eigenvalue weighted by atomic mass is 31.2. The first-order chi connectivity index (χ1) is 21.4. The lowest BCUT2D eigenvalue weighted by atomic mass is 10.2. The monoisotopic (exact) mass is 675 g/mol. The molecule has 22 heteroatoms. The Morgan fingerprint density at radius 3 is 2.70 bits per heavy atom. The van der Waals surface area contributed by atoms with Gasteiger partial charge in [0.2, 0.25) is 5.88 Å². The van der Waals surface area contributed by atoms with Crippen molar-refractivity contribution in [1.29, 1.82) is 0 Å². The third kappa shape index (κ3) is 7.06. The number of halogens is 5. The molecule has 0 radical (unpaired) electrons. The Labute approximate surface area is 253 Å². The second kappa shape index (κ2) is 11.9. The summed E-state index contributed by atoms with van der Waals surface area (Å²) in [5.74, 6) is -3.90. The molecule has 0 aromatic carbocycles. The lowest BCUT2D eigenvalue weighted by molar-refractivity contribution is -0.119. The van der Waals surface area contributed by atoms with Crippen LogP contribution in [-0.2, 0) is 15.8 Å². The highest BCUT2D eigenvalue weighted by Gasteiger charge is 2.51. The van der Waals surface area contributed by atoms with Crippen molar-refractivity contribution in [3.05, 3.63) is 63.2 Å². The van der Waals surface area contributed by atoms with Gasteiger partial charge in [-0.15, -0.1) is 0 Å². The summed E-state index contributed by atoms with van der Waals surface area (Å²) in [7, 11) is -4.99. The van der Waals surface area contributed by atoms with E-state index in [0.717, 1.165) is 18.5 Å². The number of hydrazone groups is 1. The number of hydrogen-bond acceptors (Lipinski definition) is 11. The Morgan fingerprint density at radius 1 is 1.28 bits per heavy atom. The molecule has 4 aromatic heterocycles. The van der Waals surface area contributed by atoms with Crippen molar-refractivity contribution in [1.82, 2.24) is 29.1 Å². The Balaban J connectivity index is 1.47. The molecule has 46 heavy (non-hydrogen) atoms. The second-order valence-corrected chi connectivity index (χ2v) is 11.2. The van der Waals surface area contributed by atoms with Crippen LogP contribution in [0.5, 0.6) is 5.88 Å². The SMILES string of the molecule is C=NN(CC(F)(F)F)c1cc(O[C@H]2CN(c3cc(-c4cn(COP(=O)(O)O)c(=O)[nH]c4=O)nc4ccnn34)CC2(F)F)ncc1C. The van der Waals surface area contributed by atoms with Crippen molar-refractivity contribution >= 4 is 31.7 Å². The molecule has 1 aliphatic heterocycles. The number of phosphoric acid groups is 1. The second-order valence-electron chi connectivity index (χ2n) is 9.99. The number of rotatable bonds is 10. The summed E-state index contributed by atoms with van der Waals surface area (Å²) >= 11 is 0. The number of aromatic nitrogens is 6. The number of alkyl halides is 5. The summed E-state index contributed by atoms with van der Waals surface area (Å²) in [6, 6.07) is 3.69. The van der Waals surface area contributed by atoms with Gasteiger partial charge in [-0.1, -0.05) is 0 Å². The zero-order chi connectivity index (χ0) is 33.6. The van der Waals surface area contributed by atoms with Gasteiger partial charge in [-0.3, -0.25) is 23.9 Å². The van der Waals surface area contributed by atoms with E-state index >= 15 is 8.78 Å². The summed E-state index contributed by atoms with van der Waals surface area (Å²) in [4.78, 5) is 54.2. The number of nitrogens with one attached hydrogen (secondary N) is 1. The number of aromatic amines is 1. The lowest BCUT2D eigenvalue weighted by Gasteiger charge is -2.23. The van der Waals surface area contributed by atoms with Crippen LogP contribution < -0.4 is 25.9 Å². The van der Waals surface area contributed by atoms with Gasteiger partial charge >= 0.3 is 25.6 Å². The number of anilines is 2. The molecule has 246 valence electrons. The smallest absolute Gasteiger partial charge is 0.466 e. The van der Waals surface area contributed by atoms with E-state index in [9.17, 15) is 27.3 Å². The Bertz CT molecular complexity index is 1960. The fraction of sp³-hybridized carbons (Fsp3) is 0.333. The molecule has 5 heterocycles. The number of nitrogens with zero attached hydrogens (tertiary/aromatic N) is 8. The van der Waals surface area contributed by atoms with Crippen LogP contribution in [0.4, 0.5) is 33.5 Å². The maximum atomic E-state index is 15.4. The summed E-state index contributed by atoms with van der Waals surface area (Å²) in [5.41, 5.74) is -2.13. The average molecular weight is 675 g/mol. The molecule has 1 aliphatic rings. The molecular formula is C24H23F5N9O7P. The topological polar surface area (TPSA) is 193 Å². The quantitative estimate of drug-likeness (QED) is 0.0959. The number of H-pyrrole nitrogens is 1. The van der Waals surface area contributed by atoms with E-state index < -0.39 is 69.5 Å². The minimum Gasteiger partial charge on any atom is -0.466 e. The van der Waals surface area contributed by atoms with Gasteiger partial charge in [-0.25, -0.2) is 28.1 Å². The van der Waals surface area contributed by atoms with Crippen molar-refractivity contribution in [3.8, 4) is 17.1 Å². The van der Waals surface area contributed by atoms with Gasteiger partial charge in [0.05, 0.1) is 36.2 Å². The molecule has 1 fully saturated rings. The van der Waals surface area contributed by atoms with Crippen molar-refractivity contribution in [2.45, 2.75) is 31.9 Å². The number of aryl methyl sites for hydroxylation is 1. The summed E-state index contributed by atoms with van der Waals surface area (Å²) < 4.78 is 92.6. The molecule has 5 rings (SSSR count). The van der Waals surface area contributed by atoms with Crippen molar-refractivity contribution in [3.63, 3.8) is 0 Å². The average Bonchev–Trinajstić information content (AvgIpc) is 3.54. The van der Waals surface area contributed by atoms with Crippen LogP contribution in [0.1, 0.15) is 5.56 Å². The van der Waals surface area contributed by atoms with Crippen LogP contribution in [0.3, 0.4) is 0 Å². The van der Waals surface area contributed by atoms with Gasteiger partial charge in [-0.05, 0) is 12.5 Å². The molecule has 0 saturated carbocycles. The normalized spacial score (nSPS) is 16.6. The predicted molar refractivity (Wildman–Crippen MR) is 150 cm³/mol. The Morgan fingerprint density at radius 2 is 2.02 bits per heavy atom. The van der Waals surface area contributed by atoms with Gasteiger partial charge in [0, 0.05) is 37.3 Å². The van der Waals surface area contributed by atoms with Crippen LogP contribution in [0, 0.1) is 6.92 Å². The number of pyridine rings is 1. The van der Waals surface area contributed by atoms with Gasteiger partial charge < -0.3 is 19.4 Å². The maximum Gasteiger partial charge on any atom is 0.471 e. The van der Waals surface area contributed by atoms with Crippen molar-refractivity contribution in [2.24, 2.45) is 5.10 Å². The van der Waals surface area contributed by atoms with Crippen molar-refractivity contribution in [2.75, 3.05) is 29.5 Å². The van der Waals surface area contributed by atoms with Crippen LogP contribution in [0.25, 0.3) is 16.9 Å². The molecule has 0 spiro atoms. The fourth-order valence-electron chi connectivity index (χ4n) is 4.60. The molecule has 4 aromatic rings. The summed E-state index contributed by atoms with van der Waals surface area (Å²) in [6.45, 7) is 0.770. The Kier molecular flexibility index (Phi) is 8.45. The maximum absolute atomic E-state index is 15.4. The van der Waals surface area contributed by atoms with Crippen LogP contribution in [-0.4, -0.2) is 83.5 Å². The van der Waals surface area contributed by atoms with E-state index in [0.29, 0.717) is 9.58 Å². The molecular weight excluding hydrogens is 652 g/mol.